The van der Waals surface area contributed by atoms with Gasteiger partial charge < -0.3 is 14.8 Å². The zero-order chi connectivity index (χ0) is 12.1. The first-order valence-corrected chi connectivity index (χ1v) is 5.55. The van der Waals surface area contributed by atoms with E-state index < -0.39 is 0 Å². The van der Waals surface area contributed by atoms with E-state index in [9.17, 15) is 4.79 Å². The second-order valence-electron chi connectivity index (χ2n) is 4.36. The van der Waals surface area contributed by atoms with Gasteiger partial charge in [-0.1, -0.05) is 0 Å². The molecule has 0 saturated heterocycles. The fourth-order valence-electron chi connectivity index (χ4n) is 1.57. The van der Waals surface area contributed by atoms with Gasteiger partial charge in [0.15, 0.2) is 0 Å². The summed E-state index contributed by atoms with van der Waals surface area (Å²) in [6, 6.07) is 4.06. The predicted molar refractivity (Wildman–Crippen MR) is 65.5 cm³/mol. The Kier molecular flexibility index (Phi) is 4.55. The minimum atomic E-state index is 0.0734. The molecule has 1 heterocycles. The smallest absolute Gasteiger partial charge is 0.239 e. The minimum absolute atomic E-state index is 0.0734. The summed E-state index contributed by atoms with van der Waals surface area (Å²) in [5.41, 5.74) is 2.25. The number of hydrogen-bond acceptors (Lipinski definition) is 2. The van der Waals surface area contributed by atoms with Crippen molar-refractivity contribution in [2.45, 2.75) is 20.4 Å². The van der Waals surface area contributed by atoms with Gasteiger partial charge in [0.1, 0.15) is 6.54 Å². The standard InChI is InChI=1S/C12H21N3O/c1-10-5-6-11(2)15(10)9-12(16)13-7-8-14(3)4/h5-6H,7-9H2,1-4H3,(H,13,16). The lowest BCUT2D eigenvalue weighted by Crippen LogP contribution is -2.33. The number of rotatable bonds is 5. The number of amides is 1. The van der Waals surface area contributed by atoms with E-state index in [1.54, 1.807) is 0 Å². The largest absolute Gasteiger partial charge is 0.353 e. The Balaban J connectivity index is 2.40. The van der Waals surface area contributed by atoms with Crippen LogP contribution in [0.4, 0.5) is 0 Å². The maximum atomic E-state index is 11.6. The van der Waals surface area contributed by atoms with Crippen molar-refractivity contribution >= 4 is 5.91 Å². The van der Waals surface area contributed by atoms with Gasteiger partial charge in [-0.05, 0) is 40.1 Å². The number of hydrogen-bond donors (Lipinski definition) is 1. The normalized spacial score (nSPS) is 10.8. The van der Waals surface area contributed by atoms with E-state index >= 15 is 0 Å². The first kappa shape index (κ1) is 12.8. The molecule has 16 heavy (non-hydrogen) atoms. The molecule has 0 atom stereocenters. The molecule has 90 valence electrons. The minimum Gasteiger partial charge on any atom is -0.353 e. The van der Waals surface area contributed by atoms with Crippen LogP contribution < -0.4 is 5.32 Å². The van der Waals surface area contributed by atoms with Crippen LogP contribution in [0, 0.1) is 13.8 Å². The van der Waals surface area contributed by atoms with Crippen LogP contribution in [-0.4, -0.2) is 42.6 Å². The molecule has 0 radical (unpaired) electrons. The SMILES string of the molecule is Cc1ccc(C)n1CC(=O)NCCN(C)C. The molecule has 4 nitrogen and oxygen atoms in total. The molecule has 0 bridgehead atoms. The molecule has 1 N–H and O–H groups in total. The lowest BCUT2D eigenvalue weighted by atomic mass is 10.4. The van der Waals surface area contributed by atoms with Crippen LogP contribution in [-0.2, 0) is 11.3 Å². The zero-order valence-electron chi connectivity index (χ0n) is 10.6. The molecule has 0 unspecified atom stereocenters. The summed E-state index contributed by atoms with van der Waals surface area (Å²) >= 11 is 0. The van der Waals surface area contributed by atoms with Crippen molar-refractivity contribution < 1.29 is 4.79 Å². The molecule has 1 rings (SSSR count). The lowest BCUT2D eigenvalue weighted by Gasteiger charge is -2.12. The van der Waals surface area contributed by atoms with Gasteiger partial charge in [-0.2, -0.15) is 0 Å². The van der Waals surface area contributed by atoms with Gasteiger partial charge in [-0.3, -0.25) is 4.79 Å². The first-order valence-electron chi connectivity index (χ1n) is 5.55. The van der Waals surface area contributed by atoms with Gasteiger partial charge in [-0.15, -0.1) is 0 Å². The summed E-state index contributed by atoms with van der Waals surface area (Å²) in [7, 11) is 3.98. The Labute approximate surface area is 97.2 Å². The number of nitrogens with zero attached hydrogens (tertiary/aromatic N) is 2. The van der Waals surface area contributed by atoms with E-state index in [4.69, 9.17) is 0 Å². The van der Waals surface area contributed by atoms with E-state index in [-0.39, 0.29) is 5.91 Å². The van der Waals surface area contributed by atoms with Gasteiger partial charge in [0.25, 0.3) is 0 Å². The van der Waals surface area contributed by atoms with Crippen LogP contribution in [0.2, 0.25) is 0 Å². The summed E-state index contributed by atoms with van der Waals surface area (Å²) in [6.45, 7) is 6.01. The molecule has 1 aromatic heterocycles. The van der Waals surface area contributed by atoms with Crippen LogP contribution in [0.15, 0.2) is 12.1 Å². The third kappa shape index (κ3) is 3.70. The second kappa shape index (κ2) is 5.70. The molecule has 0 aromatic carbocycles. The fourth-order valence-corrected chi connectivity index (χ4v) is 1.57. The molecule has 1 amide bonds. The molecule has 1 aromatic rings. The van der Waals surface area contributed by atoms with Crippen molar-refractivity contribution in [3.05, 3.63) is 23.5 Å². The average molecular weight is 223 g/mol. The lowest BCUT2D eigenvalue weighted by molar-refractivity contribution is -0.121. The van der Waals surface area contributed by atoms with Gasteiger partial charge in [0.2, 0.25) is 5.91 Å². The molecule has 0 fully saturated rings. The molecule has 0 saturated carbocycles. The van der Waals surface area contributed by atoms with Gasteiger partial charge in [0.05, 0.1) is 0 Å². The maximum Gasteiger partial charge on any atom is 0.239 e. The zero-order valence-corrected chi connectivity index (χ0v) is 10.6. The highest BCUT2D eigenvalue weighted by Crippen LogP contribution is 2.06. The highest BCUT2D eigenvalue weighted by molar-refractivity contribution is 5.75. The monoisotopic (exact) mass is 223 g/mol. The maximum absolute atomic E-state index is 11.6. The number of likely N-dealkylation sites (N-methyl/N-ethyl adjacent to an activating group) is 1. The third-order valence-corrected chi connectivity index (χ3v) is 2.60. The summed E-state index contributed by atoms with van der Waals surface area (Å²) in [4.78, 5) is 13.7. The van der Waals surface area contributed by atoms with E-state index in [1.165, 1.54) is 0 Å². The number of aromatic nitrogens is 1. The van der Waals surface area contributed by atoms with Gasteiger partial charge >= 0.3 is 0 Å². The second-order valence-corrected chi connectivity index (χ2v) is 4.36. The highest BCUT2D eigenvalue weighted by Gasteiger charge is 2.06. The molecule has 0 spiro atoms. The predicted octanol–water partition coefficient (Wildman–Crippen LogP) is 0.783. The number of carbonyl (C=O) groups excluding carboxylic acids is 1. The molecular formula is C12H21N3O. The Hall–Kier alpha value is -1.29. The molecule has 0 aliphatic carbocycles. The summed E-state index contributed by atoms with van der Waals surface area (Å²) in [5.74, 6) is 0.0734. The molecule has 0 aliphatic heterocycles. The van der Waals surface area contributed by atoms with E-state index in [0.717, 1.165) is 17.9 Å². The van der Waals surface area contributed by atoms with Crippen molar-refractivity contribution in [3.8, 4) is 0 Å². The van der Waals surface area contributed by atoms with Crippen LogP contribution in [0.1, 0.15) is 11.4 Å². The van der Waals surface area contributed by atoms with Crippen LogP contribution in [0.5, 0.6) is 0 Å². The Morgan fingerprint density at radius 1 is 1.31 bits per heavy atom. The van der Waals surface area contributed by atoms with Crippen molar-refractivity contribution in [2.24, 2.45) is 0 Å². The quantitative estimate of drug-likeness (QED) is 0.801. The number of carbonyl (C=O) groups is 1. The number of nitrogens with one attached hydrogen (secondary N) is 1. The van der Waals surface area contributed by atoms with Crippen molar-refractivity contribution in [3.63, 3.8) is 0 Å². The highest BCUT2D eigenvalue weighted by atomic mass is 16.1. The van der Waals surface area contributed by atoms with Crippen LogP contribution in [0.3, 0.4) is 0 Å². The molecule has 0 aliphatic rings. The Morgan fingerprint density at radius 3 is 2.38 bits per heavy atom. The summed E-state index contributed by atoms with van der Waals surface area (Å²) in [6.07, 6.45) is 0. The van der Waals surface area contributed by atoms with E-state index in [0.29, 0.717) is 13.1 Å². The molecular weight excluding hydrogens is 202 g/mol. The van der Waals surface area contributed by atoms with Gasteiger partial charge in [0, 0.05) is 24.5 Å². The summed E-state index contributed by atoms with van der Waals surface area (Å²) in [5, 5.41) is 2.91. The molecule has 4 heteroatoms. The van der Waals surface area contributed by atoms with Gasteiger partial charge in [-0.25, -0.2) is 0 Å². The Morgan fingerprint density at radius 2 is 1.88 bits per heavy atom. The topological polar surface area (TPSA) is 37.3 Å². The fraction of sp³-hybridized carbons (Fsp3) is 0.583. The third-order valence-electron chi connectivity index (χ3n) is 2.60. The number of aryl methyl sites for hydroxylation is 2. The van der Waals surface area contributed by atoms with Crippen LogP contribution in [0.25, 0.3) is 0 Å². The average Bonchev–Trinajstić information content (AvgIpc) is 2.49. The van der Waals surface area contributed by atoms with Crippen LogP contribution >= 0.6 is 0 Å². The van der Waals surface area contributed by atoms with Crippen molar-refractivity contribution in [1.29, 1.82) is 0 Å². The van der Waals surface area contributed by atoms with E-state index in [1.807, 2.05) is 49.5 Å². The Bertz CT molecular complexity index is 336. The van der Waals surface area contributed by atoms with Crippen molar-refractivity contribution in [2.75, 3.05) is 27.2 Å². The summed E-state index contributed by atoms with van der Waals surface area (Å²) < 4.78 is 2.02. The first-order chi connectivity index (χ1) is 7.50. The van der Waals surface area contributed by atoms with E-state index in [2.05, 4.69) is 5.32 Å². The van der Waals surface area contributed by atoms with Crippen molar-refractivity contribution in [1.82, 2.24) is 14.8 Å².